The lowest BCUT2D eigenvalue weighted by atomic mass is 10.1. The van der Waals surface area contributed by atoms with Crippen molar-refractivity contribution in [1.82, 2.24) is 15.2 Å². The predicted molar refractivity (Wildman–Crippen MR) is 115 cm³/mol. The number of benzene rings is 2. The van der Waals surface area contributed by atoms with Crippen molar-refractivity contribution in [2.75, 3.05) is 13.1 Å². The van der Waals surface area contributed by atoms with Gasteiger partial charge in [0, 0.05) is 25.2 Å². The fourth-order valence-electron chi connectivity index (χ4n) is 3.64. The first kappa shape index (κ1) is 20.7. The summed E-state index contributed by atoms with van der Waals surface area (Å²) >= 11 is 0. The van der Waals surface area contributed by atoms with Gasteiger partial charge in [0.1, 0.15) is 12.0 Å². The van der Waals surface area contributed by atoms with E-state index in [1.165, 1.54) is 6.26 Å². The zero-order valence-electron chi connectivity index (χ0n) is 17.2. The lowest BCUT2D eigenvalue weighted by molar-refractivity contribution is -0.120. The number of hydrogen-bond acceptors (Lipinski definition) is 5. The zero-order valence-corrected chi connectivity index (χ0v) is 17.2. The Bertz CT molecular complexity index is 1050. The zero-order chi connectivity index (χ0) is 21.6. The van der Waals surface area contributed by atoms with Crippen LogP contribution in [0.15, 0.2) is 59.2 Å². The minimum Gasteiger partial charge on any atom is -0.508 e. The number of amides is 2. The molecule has 31 heavy (non-hydrogen) atoms. The van der Waals surface area contributed by atoms with Crippen LogP contribution in [0.25, 0.3) is 11.5 Å². The van der Waals surface area contributed by atoms with Gasteiger partial charge < -0.3 is 19.7 Å². The van der Waals surface area contributed by atoms with Crippen molar-refractivity contribution in [3.8, 4) is 17.2 Å². The molecule has 7 nitrogen and oxygen atoms in total. The number of hydrogen-bond donors (Lipinski definition) is 2. The summed E-state index contributed by atoms with van der Waals surface area (Å²) in [6, 6.07) is 14.2. The summed E-state index contributed by atoms with van der Waals surface area (Å²) < 4.78 is 5.53. The van der Waals surface area contributed by atoms with E-state index in [4.69, 9.17) is 4.42 Å². The molecule has 0 bridgehead atoms. The van der Waals surface area contributed by atoms with Crippen molar-refractivity contribution < 1.29 is 19.1 Å². The lowest BCUT2D eigenvalue weighted by Gasteiger charge is -2.25. The number of nitrogens with zero attached hydrogens (tertiary/aromatic N) is 2. The fraction of sp³-hybridized carbons (Fsp3) is 0.292. The second kappa shape index (κ2) is 9.47. The Morgan fingerprint density at radius 2 is 1.81 bits per heavy atom. The molecular weight excluding hydrogens is 394 g/mol. The van der Waals surface area contributed by atoms with E-state index < -0.39 is 0 Å². The third kappa shape index (κ3) is 5.31. The predicted octanol–water partition coefficient (Wildman–Crippen LogP) is 3.53. The highest BCUT2D eigenvalue weighted by Gasteiger charge is 2.21. The Hall–Kier alpha value is -3.61. The van der Waals surface area contributed by atoms with E-state index in [1.807, 2.05) is 29.2 Å². The van der Waals surface area contributed by atoms with Gasteiger partial charge in [-0.05, 0) is 54.7 Å². The number of aromatic nitrogens is 1. The number of phenols is 1. The van der Waals surface area contributed by atoms with Gasteiger partial charge in [-0.2, -0.15) is 0 Å². The molecule has 4 rings (SSSR count). The molecule has 3 aromatic rings. The summed E-state index contributed by atoms with van der Waals surface area (Å²) in [7, 11) is 0. The Morgan fingerprint density at radius 3 is 2.55 bits per heavy atom. The molecule has 2 aromatic carbocycles. The molecule has 1 aromatic heterocycles. The number of likely N-dealkylation sites (tertiary alicyclic amines) is 1. The summed E-state index contributed by atoms with van der Waals surface area (Å²) in [6.07, 6.45) is 4.85. The summed E-state index contributed by atoms with van der Waals surface area (Å²) in [6.45, 7) is 1.93. The number of aromatic hydroxyl groups is 1. The molecule has 0 saturated carbocycles. The first-order valence-corrected chi connectivity index (χ1v) is 10.5. The van der Waals surface area contributed by atoms with Gasteiger partial charge >= 0.3 is 0 Å². The van der Waals surface area contributed by atoms with Crippen LogP contribution >= 0.6 is 0 Å². The summed E-state index contributed by atoms with van der Waals surface area (Å²) in [5, 5.41) is 12.4. The highest BCUT2D eigenvalue weighted by Crippen LogP contribution is 2.21. The maximum Gasteiger partial charge on any atom is 0.275 e. The molecule has 1 aliphatic rings. The average Bonchev–Trinajstić information content (AvgIpc) is 3.28. The van der Waals surface area contributed by atoms with E-state index in [2.05, 4.69) is 10.3 Å². The van der Waals surface area contributed by atoms with E-state index in [9.17, 15) is 14.7 Å². The topological polar surface area (TPSA) is 95.7 Å². The second-order valence-electron chi connectivity index (χ2n) is 7.71. The second-order valence-corrected chi connectivity index (χ2v) is 7.71. The molecule has 1 saturated heterocycles. The largest absolute Gasteiger partial charge is 0.508 e. The Kier molecular flexibility index (Phi) is 6.31. The number of piperidine rings is 1. The van der Waals surface area contributed by atoms with Gasteiger partial charge in [0.15, 0.2) is 5.69 Å². The maximum atomic E-state index is 12.5. The van der Waals surface area contributed by atoms with Crippen LogP contribution in [0.5, 0.6) is 5.75 Å². The van der Waals surface area contributed by atoms with Crippen molar-refractivity contribution in [1.29, 1.82) is 0 Å². The summed E-state index contributed by atoms with van der Waals surface area (Å²) in [5.41, 5.74) is 2.79. The van der Waals surface area contributed by atoms with Crippen LogP contribution in [0.1, 0.15) is 40.9 Å². The van der Waals surface area contributed by atoms with Gasteiger partial charge in [-0.1, -0.05) is 24.3 Å². The van der Waals surface area contributed by atoms with Gasteiger partial charge in [0.25, 0.3) is 5.91 Å². The highest BCUT2D eigenvalue weighted by molar-refractivity contribution is 5.92. The number of phenolic OH excluding ortho intramolecular Hbond substituents is 1. The van der Waals surface area contributed by atoms with E-state index in [1.54, 1.807) is 24.3 Å². The van der Waals surface area contributed by atoms with E-state index in [0.29, 0.717) is 18.1 Å². The van der Waals surface area contributed by atoms with Gasteiger partial charge in [0.2, 0.25) is 11.8 Å². The van der Waals surface area contributed by atoms with Gasteiger partial charge in [-0.25, -0.2) is 4.98 Å². The van der Waals surface area contributed by atoms with E-state index in [-0.39, 0.29) is 24.0 Å². The molecule has 2 N–H and O–H groups in total. The molecule has 0 radical (unpaired) electrons. The molecule has 2 heterocycles. The highest BCUT2D eigenvalue weighted by atomic mass is 16.3. The minimum atomic E-state index is -0.122. The first-order valence-electron chi connectivity index (χ1n) is 10.5. The number of oxazole rings is 1. The Labute approximate surface area is 180 Å². The monoisotopic (exact) mass is 419 g/mol. The summed E-state index contributed by atoms with van der Waals surface area (Å²) in [4.78, 5) is 30.9. The Balaban J connectivity index is 1.32. The maximum absolute atomic E-state index is 12.5. The fourth-order valence-corrected chi connectivity index (χ4v) is 3.64. The van der Waals surface area contributed by atoms with Gasteiger partial charge in [-0.3, -0.25) is 9.59 Å². The molecule has 0 spiro atoms. The molecule has 1 aliphatic heterocycles. The van der Waals surface area contributed by atoms with Crippen molar-refractivity contribution in [3.63, 3.8) is 0 Å². The van der Waals surface area contributed by atoms with Gasteiger partial charge in [0.05, 0.1) is 6.42 Å². The molecule has 1 fully saturated rings. The van der Waals surface area contributed by atoms with Crippen LogP contribution in [0.3, 0.4) is 0 Å². The number of carbonyl (C=O) groups excluding carboxylic acids is 2. The van der Waals surface area contributed by atoms with Crippen LogP contribution in [-0.2, 0) is 17.8 Å². The molecule has 7 heteroatoms. The number of nitrogens with one attached hydrogen (secondary N) is 1. The van der Waals surface area contributed by atoms with E-state index in [0.717, 1.165) is 49.0 Å². The SMILES string of the molecule is O=C(Cc1cccc(O)c1)NCc1ccc(-c2nc(C(=O)N3CCCCC3)co2)cc1. The normalized spacial score (nSPS) is 13.7. The van der Waals surface area contributed by atoms with Crippen molar-refractivity contribution in [3.05, 3.63) is 71.6 Å². The third-order valence-corrected chi connectivity index (χ3v) is 5.33. The van der Waals surface area contributed by atoms with Crippen LogP contribution < -0.4 is 5.32 Å². The molecule has 0 unspecified atom stereocenters. The molecular formula is C24H25N3O4. The quantitative estimate of drug-likeness (QED) is 0.637. The van der Waals surface area contributed by atoms with Crippen molar-refractivity contribution in [2.24, 2.45) is 0 Å². The third-order valence-electron chi connectivity index (χ3n) is 5.33. The molecule has 0 atom stereocenters. The number of carbonyl (C=O) groups is 2. The summed E-state index contributed by atoms with van der Waals surface area (Å²) in [5.74, 6) is 0.344. The smallest absolute Gasteiger partial charge is 0.275 e. The van der Waals surface area contributed by atoms with Crippen LogP contribution in [0.4, 0.5) is 0 Å². The molecule has 160 valence electrons. The van der Waals surface area contributed by atoms with Crippen LogP contribution in [0.2, 0.25) is 0 Å². The average molecular weight is 419 g/mol. The van der Waals surface area contributed by atoms with Crippen molar-refractivity contribution in [2.45, 2.75) is 32.2 Å². The van der Waals surface area contributed by atoms with Crippen molar-refractivity contribution >= 4 is 11.8 Å². The van der Waals surface area contributed by atoms with Gasteiger partial charge in [-0.15, -0.1) is 0 Å². The molecule has 0 aliphatic carbocycles. The lowest BCUT2D eigenvalue weighted by Crippen LogP contribution is -2.35. The standard InChI is InChI=1S/C24H25N3O4/c28-20-6-4-5-18(13-20)14-22(29)25-15-17-7-9-19(10-8-17)23-26-21(16-31-23)24(30)27-11-2-1-3-12-27/h4-10,13,16,28H,1-3,11-12,14-15H2,(H,25,29). The first-order chi connectivity index (χ1) is 15.1. The minimum absolute atomic E-state index is 0.0826. The molecule has 2 amide bonds. The Morgan fingerprint density at radius 1 is 1.03 bits per heavy atom. The van der Waals surface area contributed by atoms with Crippen LogP contribution in [-0.4, -0.2) is 39.9 Å². The van der Waals surface area contributed by atoms with Crippen LogP contribution in [0, 0.1) is 0 Å². The van der Waals surface area contributed by atoms with E-state index >= 15 is 0 Å². The number of rotatable bonds is 6.